The lowest BCUT2D eigenvalue weighted by Crippen LogP contribution is -2.44. The quantitative estimate of drug-likeness (QED) is 0.721. The Morgan fingerprint density at radius 1 is 1.11 bits per heavy atom. The zero-order chi connectivity index (χ0) is 19.2. The molecule has 7 nitrogen and oxygen atoms in total. The summed E-state index contributed by atoms with van der Waals surface area (Å²) < 4.78 is 5.28. The van der Waals surface area contributed by atoms with Crippen LogP contribution in [-0.4, -0.2) is 37.4 Å². The fourth-order valence-electron chi connectivity index (χ4n) is 2.96. The van der Waals surface area contributed by atoms with Crippen LogP contribution >= 0.6 is 0 Å². The third-order valence-corrected chi connectivity index (χ3v) is 4.35. The number of benzene rings is 2. The van der Waals surface area contributed by atoms with Gasteiger partial charge in [0.1, 0.15) is 11.8 Å². The first-order valence-corrected chi connectivity index (χ1v) is 8.68. The molecule has 3 amide bonds. The Kier molecular flexibility index (Phi) is 5.71. The highest BCUT2D eigenvalue weighted by molar-refractivity contribution is 6.10. The van der Waals surface area contributed by atoms with Crippen molar-refractivity contribution >= 4 is 23.4 Å². The molecule has 27 heavy (non-hydrogen) atoms. The SMILES string of the molecule is COc1ccccc1CCNC(=O)C[C@@H]1NC(=O)c2ccccc2NC1=O. The fourth-order valence-corrected chi connectivity index (χ4v) is 2.96. The normalized spacial score (nSPS) is 15.8. The van der Waals surface area contributed by atoms with Crippen LogP contribution in [-0.2, 0) is 16.0 Å². The number of carbonyl (C=O) groups is 3. The topological polar surface area (TPSA) is 96.5 Å². The Morgan fingerprint density at radius 2 is 1.85 bits per heavy atom. The van der Waals surface area contributed by atoms with E-state index in [-0.39, 0.29) is 18.2 Å². The number of rotatable bonds is 6. The van der Waals surface area contributed by atoms with Gasteiger partial charge in [-0.15, -0.1) is 0 Å². The van der Waals surface area contributed by atoms with Gasteiger partial charge in [-0.05, 0) is 30.2 Å². The number of anilines is 1. The Balaban J connectivity index is 1.55. The number of hydrogen-bond donors (Lipinski definition) is 3. The van der Waals surface area contributed by atoms with Crippen molar-refractivity contribution in [3.05, 3.63) is 59.7 Å². The Bertz CT molecular complexity index is 866. The summed E-state index contributed by atoms with van der Waals surface area (Å²) in [6.07, 6.45) is 0.474. The molecule has 2 aromatic rings. The van der Waals surface area contributed by atoms with Gasteiger partial charge in [0.15, 0.2) is 0 Å². The number of ether oxygens (including phenoxy) is 1. The summed E-state index contributed by atoms with van der Waals surface area (Å²) in [6, 6.07) is 13.4. The molecule has 0 unspecified atom stereocenters. The standard InChI is InChI=1S/C20H21N3O4/c1-27-17-9-5-2-6-13(17)10-11-21-18(24)12-16-20(26)22-15-8-4-3-7-14(15)19(25)23-16/h2-9,16H,10-12H2,1H3,(H,21,24)(H,22,26)(H,23,25)/t16-/m0/s1. The first-order valence-electron chi connectivity index (χ1n) is 8.68. The fraction of sp³-hybridized carbons (Fsp3) is 0.250. The molecule has 1 aliphatic rings. The van der Waals surface area contributed by atoms with Crippen molar-refractivity contribution in [1.29, 1.82) is 0 Å². The van der Waals surface area contributed by atoms with Gasteiger partial charge in [-0.2, -0.15) is 0 Å². The average Bonchev–Trinajstić information content (AvgIpc) is 2.79. The summed E-state index contributed by atoms with van der Waals surface area (Å²) in [5, 5.41) is 8.08. The summed E-state index contributed by atoms with van der Waals surface area (Å²) in [5.74, 6) is -0.333. The molecule has 0 saturated carbocycles. The number of nitrogens with one attached hydrogen (secondary N) is 3. The van der Waals surface area contributed by atoms with Gasteiger partial charge in [0.2, 0.25) is 11.8 Å². The highest BCUT2D eigenvalue weighted by atomic mass is 16.5. The molecule has 2 aromatic carbocycles. The second-order valence-corrected chi connectivity index (χ2v) is 6.18. The van der Waals surface area contributed by atoms with Crippen molar-refractivity contribution in [2.24, 2.45) is 0 Å². The summed E-state index contributed by atoms with van der Waals surface area (Å²) in [5.41, 5.74) is 1.81. The molecular weight excluding hydrogens is 346 g/mol. The second kappa shape index (κ2) is 8.35. The predicted molar refractivity (Wildman–Crippen MR) is 101 cm³/mol. The zero-order valence-electron chi connectivity index (χ0n) is 15.0. The number of carbonyl (C=O) groups excluding carboxylic acids is 3. The van der Waals surface area contributed by atoms with Crippen LogP contribution in [0.4, 0.5) is 5.69 Å². The number of hydrogen-bond acceptors (Lipinski definition) is 4. The van der Waals surface area contributed by atoms with Gasteiger partial charge in [0.25, 0.3) is 5.91 Å². The minimum Gasteiger partial charge on any atom is -0.496 e. The van der Waals surface area contributed by atoms with E-state index in [9.17, 15) is 14.4 Å². The number of methoxy groups -OCH3 is 1. The van der Waals surface area contributed by atoms with E-state index >= 15 is 0 Å². The summed E-state index contributed by atoms with van der Waals surface area (Å²) in [4.78, 5) is 36.8. The Morgan fingerprint density at radius 3 is 2.67 bits per heavy atom. The van der Waals surface area contributed by atoms with E-state index in [2.05, 4.69) is 16.0 Å². The highest BCUT2D eigenvalue weighted by Gasteiger charge is 2.29. The van der Waals surface area contributed by atoms with Gasteiger partial charge in [0.05, 0.1) is 24.8 Å². The number of para-hydroxylation sites is 2. The van der Waals surface area contributed by atoms with E-state index in [0.717, 1.165) is 11.3 Å². The zero-order valence-corrected chi connectivity index (χ0v) is 15.0. The molecule has 7 heteroatoms. The van der Waals surface area contributed by atoms with Gasteiger partial charge < -0.3 is 20.7 Å². The van der Waals surface area contributed by atoms with Gasteiger partial charge in [0, 0.05) is 6.54 Å². The maximum Gasteiger partial charge on any atom is 0.254 e. The lowest BCUT2D eigenvalue weighted by molar-refractivity contribution is -0.125. The van der Waals surface area contributed by atoms with E-state index in [1.807, 2.05) is 24.3 Å². The smallest absolute Gasteiger partial charge is 0.254 e. The van der Waals surface area contributed by atoms with Crippen LogP contribution in [0.15, 0.2) is 48.5 Å². The number of amides is 3. The lowest BCUT2D eigenvalue weighted by Gasteiger charge is -2.14. The molecule has 0 saturated heterocycles. The molecule has 140 valence electrons. The van der Waals surface area contributed by atoms with E-state index in [1.165, 1.54) is 0 Å². The van der Waals surface area contributed by atoms with Crippen LogP contribution in [0.3, 0.4) is 0 Å². The molecule has 3 rings (SSSR count). The van der Waals surface area contributed by atoms with Crippen LogP contribution < -0.4 is 20.7 Å². The van der Waals surface area contributed by atoms with Gasteiger partial charge in [-0.25, -0.2) is 0 Å². The first-order chi connectivity index (χ1) is 13.1. The van der Waals surface area contributed by atoms with Crippen LogP contribution in [0.5, 0.6) is 5.75 Å². The van der Waals surface area contributed by atoms with Gasteiger partial charge in [-0.3, -0.25) is 14.4 Å². The highest BCUT2D eigenvalue weighted by Crippen LogP contribution is 2.19. The molecule has 0 fully saturated rings. The summed E-state index contributed by atoms with van der Waals surface area (Å²) in [6.45, 7) is 0.404. The van der Waals surface area contributed by atoms with E-state index in [0.29, 0.717) is 24.2 Å². The van der Waals surface area contributed by atoms with Crippen molar-refractivity contribution in [1.82, 2.24) is 10.6 Å². The predicted octanol–water partition coefficient (Wildman–Crippen LogP) is 1.49. The van der Waals surface area contributed by atoms with Crippen LogP contribution in [0, 0.1) is 0 Å². The molecule has 0 aromatic heterocycles. The van der Waals surface area contributed by atoms with Crippen LogP contribution in [0.1, 0.15) is 22.3 Å². The molecule has 1 atom stereocenters. The molecule has 0 bridgehead atoms. The largest absolute Gasteiger partial charge is 0.496 e. The maximum absolute atomic E-state index is 12.3. The lowest BCUT2D eigenvalue weighted by atomic mass is 10.1. The van der Waals surface area contributed by atoms with Crippen molar-refractivity contribution in [2.45, 2.75) is 18.9 Å². The first kappa shape index (κ1) is 18.4. The Labute approximate surface area is 157 Å². The van der Waals surface area contributed by atoms with Gasteiger partial charge in [-0.1, -0.05) is 30.3 Å². The molecule has 1 heterocycles. The average molecular weight is 367 g/mol. The van der Waals surface area contributed by atoms with E-state index < -0.39 is 11.9 Å². The van der Waals surface area contributed by atoms with Gasteiger partial charge >= 0.3 is 0 Å². The molecule has 0 radical (unpaired) electrons. The van der Waals surface area contributed by atoms with E-state index in [1.54, 1.807) is 31.4 Å². The Hall–Kier alpha value is -3.35. The summed E-state index contributed by atoms with van der Waals surface area (Å²) >= 11 is 0. The molecule has 0 spiro atoms. The summed E-state index contributed by atoms with van der Waals surface area (Å²) in [7, 11) is 1.60. The van der Waals surface area contributed by atoms with Crippen LogP contribution in [0.2, 0.25) is 0 Å². The monoisotopic (exact) mass is 367 g/mol. The van der Waals surface area contributed by atoms with E-state index in [4.69, 9.17) is 4.74 Å². The maximum atomic E-state index is 12.3. The molecule has 1 aliphatic heterocycles. The molecular formula is C20H21N3O4. The van der Waals surface area contributed by atoms with Crippen molar-refractivity contribution in [2.75, 3.05) is 19.0 Å². The third-order valence-electron chi connectivity index (χ3n) is 4.35. The van der Waals surface area contributed by atoms with Crippen molar-refractivity contribution in [3.63, 3.8) is 0 Å². The molecule has 0 aliphatic carbocycles. The second-order valence-electron chi connectivity index (χ2n) is 6.18. The van der Waals surface area contributed by atoms with Crippen molar-refractivity contribution in [3.8, 4) is 5.75 Å². The minimum atomic E-state index is -0.920. The van der Waals surface area contributed by atoms with Crippen LogP contribution in [0.25, 0.3) is 0 Å². The van der Waals surface area contributed by atoms with Crippen molar-refractivity contribution < 1.29 is 19.1 Å². The number of fused-ring (bicyclic) bond motifs is 1. The molecule has 3 N–H and O–H groups in total. The minimum absolute atomic E-state index is 0.127. The third kappa shape index (κ3) is 4.44.